The van der Waals surface area contributed by atoms with Crippen molar-refractivity contribution in [1.82, 2.24) is 30.4 Å². The summed E-state index contributed by atoms with van der Waals surface area (Å²) in [5.74, 6) is 2.01. The first-order valence-electron chi connectivity index (χ1n) is 13.0. The third-order valence-electron chi connectivity index (χ3n) is 6.86. The highest BCUT2D eigenvalue weighted by atomic mass is 16.7. The third-order valence-corrected chi connectivity index (χ3v) is 6.86. The molecule has 1 aromatic heterocycles. The van der Waals surface area contributed by atoms with Gasteiger partial charge in [-0.1, -0.05) is 6.07 Å². The number of nitrogens with one attached hydrogen (secondary N) is 1. The first-order chi connectivity index (χ1) is 19.4. The molecule has 1 fully saturated rings. The van der Waals surface area contributed by atoms with Crippen LogP contribution in [0, 0.1) is 0 Å². The van der Waals surface area contributed by atoms with Crippen LogP contribution in [0.3, 0.4) is 0 Å². The number of hydrogen-bond donors (Lipinski definition) is 1. The number of carbonyl (C=O) groups excluding carboxylic acids is 2. The molecule has 5 rings (SSSR count). The summed E-state index contributed by atoms with van der Waals surface area (Å²) in [6.45, 7) is 2.88. The van der Waals surface area contributed by atoms with E-state index in [9.17, 15) is 9.59 Å². The zero-order valence-electron chi connectivity index (χ0n) is 22.7. The Morgan fingerprint density at radius 1 is 1.12 bits per heavy atom. The maximum Gasteiger partial charge on any atom is 0.247 e. The van der Waals surface area contributed by atoms with Crippen molar-refractivity contribution in [2.24, 2.45) is 0 Å². The van der Waals surface area contributed by atoms with Crippen molar-refractivity contribution in [2.75, 3.05) is 34.2 Å². The summed E-state index contributed by atoms with van der Waals surface area (Å²) in [7, 11) is 3.09. The smallest absolute Gasteiger partial charge is 0.247 e. The number of hydrogen-bond acceptors (Lipinski definition) is 10. The van der Waals surface area contributed by atoms with Gasteiger partial charge < -0.3 is 33.9 Å². The molecule has 2 aromatic carbocycles. The Morgan fingerprint density at radius 2 is 1.95 bits per heavy atom. The van der Waals surface area contributed by atoms with Crippen molar-refractivity contribution >= 4 is 11.8 Å². The van der Waals surface area contributed by atoms with E-state index < -0.39 is 6.04 Å². The molecule has 0 aliphatic carbocycles. The number of carbonyl (C=O) groups is 2. The minimum absolute atomic E-state index is 0.0106. The molecule has 212 valence electrons. The van der Waals surface area contributed by atoms with E-state index in [0.717, 1.165) is 18.4 Å². The van der Waals surface area contributed by atoms with E-state index >= 15 is 0 Å². The van der Waals surface area contributed by atoms with Gasteiger partial charge >= 0.3 is 0 Å². The fraction of sp³-hybridized carbons (Fsp3) is 0.444. The van der Waals surface area contributed by atoms with Crippen LogP contribution < -0.4 is 24.3 Å². The van der Waals surface area contributed by atoms with E-state index in [0.29, 0.717) is 47.5 Å². The number of amides is 2. The van der Waals surface area contributed by atoms with Gasteiger partial charge in [0.25, 0.3) is 0 Å². The van der Waals surface area contributed by atoms with Gasteiger partial charge in [-0.15, -0.1) is 10.2 Å². The molecule has 2 atom stereocenters. The summed E-state index contributed by atoms with van der Waals surface area (Å²) in [5, 5.41) is 15.5. The van der Waals surface area contributed by atoms with Crippen molar-refractivity contribution in [3.8, 4) is 34.4 Å². The molecule has 40 heavy (non-hydrogen) atoms. The molecule has 0 unspecified atom stereocenters. The van der Waals surface area contributed by atoms with Crippen LogP contribution in [0.15, 0.2) is 36.4 Å². The monoisotopic (exact) mass is 552 g/mol. The van der Waals surface area contributed by atoms with E-state index in [1.54, 1.807) is 38.3 Å². The van der Waals surface area contributed by atoms with Crippen molar-refractivity contribution in [1.29, 1.82) is 0 Å². The van der Waals surface area contributed by atoms with Crippen LogP contribution >= 0.6 is 0 Å². The Labute approximate surface area is 231 Å². The van der Waals surface area contributed by atoms with Gasteiger partial charge in [0.2, 0.25) is 24.4 Å². The van der Waals surface area contributed by atoms with Crippen LogP contribution in [-0.4, -0.2) is 83.2 Å². The highest BCUT2D eigenvalue weighted by Crippen LogP contribution is 2.33. The second-order valence-corrected chi connectivity index (χ2v) is 9.48. The fourth-order valence-electron chi connectivity index (χ4n) is 4.60. The molecule has 1 N–H and O–H groups in total. The average molecular weight is 553 g/mol. The summed E-state index contributed by atoms with van der Waals surface area (Å²) < 4.78 is 27.1. The highest BCUT2D eigenvalue weighted by Gasteiger charge is 2.28. The number of methoxy groups -OCH3 is 2. The summed E-state index contributed by atoms with van der Waals surface area (Å²) in [4.78, 5) is 29.4. The number of rotatable bonds is 11. The standard InChI is InChI=1S/C27H32N6O7/c1-17(27(35)28-13-20-5-4-10-38-20)32(14-18-6-8-22-24(11-18)40-16-39-22)25(34)15-33-30-26(29-31-33)19-7-9-21(36-2)23(12-19)37-3/h6-9,11-12,17,20H,4-5,10,13-16H2,1-3H3,(H,28,35)/t17-,20-/m1/s1. The van der Waals surface area contributed by atoms with Gasteiger partial charge in [0.15, 0.2) is 23.0 Å². The minimum Gasteiger partial charge on any atom is -0.493 e. The molecule has 3 heterocycles. The molecule has 2 amide bonds. The van der Waals surface area contributed by atoms with Crippen LogP contribution in [-0.2, 0) is 27.4 Å². The lowest BCUT2D eigenvalue weighted by molar-refractivity contribution is -0.141. The highest BCUT2D eigenvalue weighted by molar-refractivity contribution is 5.87. The second kappa shape index (κ2) is 12.2. The number of aromatic nitrogens is 4. The number of fused-ring (bicyclic) bond motifs is 1. The molecular formula is C27H32N6O7. The minimum atomic E-state index is -0.770. The van der Waals surface area contributed by atoms with Crippen LogP contribution in [0.5, 0.6) is 23.0 Å². The second-order valence-electron chi connectivity index (χ2n) is 9.48. The van der Waals surface area contributed by atoms with Gasteiger partial charge in [-0.25, -0.2) is 0 Å². The van der Waals surface area contributed by atoms with Crippen LogP contribution in [0.25, 0.3) is 11.4 Å². The largest absolute Gasteiger partial charge is 0.493 e. The molecule has 1 saturated heterocycles. The summed E-state index contributed by atoms with van der Waals surface area (Å²) in [6, 6.07) is 9.91. The number of benzene rings is 2. The Hall–Kier alpha value is -4.39. The zero-order chi connectivity index (χ0) is 28.1. The van der Waals surface area contributed by atoms with E-state index in [-0.39, 0.29) is 37.8 Å². The van der Waals surface area contributed by atoms with Gasteiger partial charge in [0.1, 0.15) is 12.6 Å². The van der Waals surface area contributed by atoms with Gasteiger partial charge in [0, 0.05) is 25.3 Å². The van der Waals surface area contributed by atoms with Crippen molar-refractivity contribution < 1.29 is 33.3 Å². The van der Waals surface area contributed by atoms with Gasteiger partial charge in [-0.3, -0.25) is 9.59 Å². The SMILES string of the molecule is COc1ccc(-c2nnn(CC(=O)N(Cc3ccc4c(c3)OCO4)[C@H](C)C(=O)NC[C@H]3CCCO3)n2)cc1OC. The van der Waals surface area contributed by atoms with Crippen molar-refractivity contribution in [3.63, 3.8) is 0 Å². The molecule has 0 bridgehead atoms. The summed E-state index contributed by atoms with van der Waals surface area (Å²) in [5.41, 5.74) is 1.43. The van der Waals surface area contributed by atoms with E-state index in [2.05, 4.69) is 20.7 Å². The maximum absolute atomic E-state index is 13.6. The topological polar surface area (TPSA) is 139 Å². The number of tetrazole rings is 1. The van der Waals surface area contributed by atoms with E-state index in [4.69, 9.17) is 23.7 Å². The maximum atomic E-state index is 13.6. The Bertz CT molecular complexity index is 1360. The molecule has 0 saturated carbocycles. The quantitative estimate of drug-likeness (QED) is 0.375. The number of ether oxygens (including phenoxy) is 5. The zero-order valence-corrected chi connectivity index (χ0v) is 22.7. The predicted molar refractivity (Wildman–Crippen MR) is 141 cm³/mol. The third kappa shape index (κ3) is 6.09. The number of nitrogens with zero attached hydrogens (tertiary/aromatic N) is 5. The molecule has 13 heteroatoms. The molecule has 0 radical (unpaired) electrons. The average Bonchev–Trinajstić information content (AvgIpc) is 3.76. The lowest BCUT2D eigenvalue weighted by Crippen LogP contribution is -2.49. The summed E-state index contributed by atoms with van der Waals surface area (Å²) in [6.07, 6.45) is 1.86. The normalized spacial score (nSPS) is 16.4. The lowest BCUT2D eigenvalue weighted by Gasteiger charge is -2.29. The molecule has 2 aliphatic heterocycles. The first-order valence-corrected chi connectivity index (χ1v) is 13.0. The van der Waals surface area contributed by atoms with Crippen molar-refractivity contribution in [3.05, 3.63) is 42.0 Å². The molecule has 3 aromatic rings. The fourth-order valence-corrected chi connectivity index (χ4v) is 4.60. The Kier molecular flexibility index (Phi) is 8.29. The Morgan fingerprint density at radius 3 is 2.73 bits per heavy atom. The van der Waals surface area contributed by atoms with E-state index in [1.165, 1.54) is 16.8 Å². The van der Waals surface area contributed by atoms with Gasteiger partial charge in [-0.05, 0) is 60.9 Å². The molecular weight excluding hydrogens is 520 g/mol. The van der Waals surface area contributed by atoms with Crippen LogP contribution in [0.1, 0.15) is 25.3 Å². The molecule has 0 spiro atoms. The van der Waals surface area contributed by atoms with E-state index in [1.807, 2.05) is 12.1 Å². The molecule has 13 nitrogen and oxygen atoms in total. The lowest BCUT2D eigenvalue weighted by atomic mass is 10.1. The van der Waals surface area contributed by atoms with Crippen LogP contribution in [0.2, 0.25) is 0 Å². The summed E-state index contributed by atoms with van der Waals surface area (Å²) >= 11 is 0. The van der Waals surface area contributed by atoms with Gasteiger partial charge in [-0.2, -0.15) is 4.80 Å². The first kappa shape index (κ1) is 27.2. The van der Waals surface area contributed by atoms with Gasteiger partial charge in [0.05, 0.1) is 20.3 Å². The molecule has 2 aliphatic rings. The van der Waals surface area contributed by atoms with Crippen molar-refractivity contribution in [2.45, 2.75) is 45.0 Å². The Balaban J connectivity index is 1.32. The van der Waals surface area contributed by atoms with Crippen LogP contribution in [0.4, 0.5) is 0 Å². The predicted octanol–water partition coefficient (Wildman–Crippen LogP) is 1.80.